The molecular formula is C19H29N3O. The van der Waals surface area contributed by atoms with E-state index in [-0.39, 0.29) is 5.56 Å². The molecule has 2 fully saturated rings. The van der Waals surface area contributed by atoms with Gasteiger partial charge in [0.05, 0.1) is 12.2 Å². The van der Waals surface area contributed by atoms with E-state index in [4.69, 9.17) is 5.10 Å². The van der Waals surface area contributed by atoms with E-state index in [0.29, 0.717) is 6.04 Å². The standard InChI is InChI=1S/C19H29N3O/c23-19-12-16-8-3-4-10-18(16)20-22(19)14-17-9-5-11-21(17)13-15-6-1-2-7-15/h12,15,17H,1-11,13-14H2. The Kier molecular flexibility index (Phi) is 4.52. The van der Waals surface area contributed by atoms with Crippen molar-refractivity contribution in [3.8, 4) is 0 Å². The maximum atomic E-state index is 12.4. The molecule has 4 nitrogen and oxygen atoms in total. The summed E-state index contributed by atoms with van der Waals surface area (Å²) in [5.74, 6) is 0.892. The van der Waals surface area contributed by atoms with Crippen molar-refractivity contribution in [2.24, 2.45) is 5.92 Å². The Morgan fingerprint density at radius 2 is 1.83 bits per heavy atom. The fourth-order valence-corrected chi connectivity index (χ4v) is 4.80. The number of fused-ring (bicyclic) bond motifs is 1. The summed E-state index contributed by atoms with van der Waals surface area (Å²) in [6.45, 7) is 3.24. The van der Waals surface area contributed by atoms with Crippen LogP contribution in [0.5, 0.6) is 0 Å². The molecule has 1 aliphatic heterocycles. The zero-order valence-corrected chi connectivity index (χ0v) is 14.2. The maximum Gasteiger partial charge on any atom is 0.267 e. The predicted octanol–water partition coefficient (Wildman–Crippen LogP) is 2.78. The minimum Gasteiger partial charge on any atom is -0.298 e. The number of nitrogens with zero attached hydrogens (tertiary/aromatic N) is 3. The normalized spacial score (nSPS) is 25.8. The smallest absolute Gasteiger partial charge is 0.267 e. The van der Waals surface area contributed by atoms with Crippen LogP contribution in [0.25, 0.3) is 0 Å². The quantitative estimate of drug-likeness (QED) is 0.857. The lowest BCUT2D eigenvalue weighted by Crippen LogP contribution is -2.39. The van der Waals surface area contributed by atoms with E-state index in [1.807, 2.05) is 6.07 Å². The molecule has 0 radical (unpaired) electrons. The van der Waals surface area contributed by atoms with E-state index < -0.39 is 0 Å². The summed E-state index contributed by atoms with van der Waals surface area (Å²) < 4.78 is 1.77. The Morgan fingerprint density at radius 1 is 1.00 bits per heavy atom. The Labute approximate surface area is 138 Å². The Balaban J connectivity index is 1.47. The SMILES string of the molecule is O=c1cc2c(nn1CC1CCCN1CC1CCCC1)CCCC2. The molecule has 1 saturated heterocycles. The molecule has 1 saturated carbocycles. The molecule has 3 aliphatic rings. The van der Waals surface area contributed by atoms with Crippen LogP contribution in [0.3, 0.4) is 0 Å². The minimum absolute atomic E-state index is 0.110. The lowest BCUT2D eigenvalue weighted by molar-refractivity contribution is 0.193. The molecular weight excluding hydrogens is 286 g/mol. The van der Waals surface area contributed by atoms with Crippen molar-refractivity contribution >= 4 is 0 Å². The summed E-state index contributed by atoms with van der Waals surface area (Å²) in [6, 6.07) is 2.38. The number of aryl methyl sites for hydroxylation is 2. The van der Waals surface area contributed by atoms with Crippen molar-refractivity contribution in [3.63, 3.8) is 0 Å². The average molecular weight is 315 g/mol. The van der Waals surface area contributed by atoms with Gasteiger partial charge in [0.25, 0.3) is 5.56 Å². The highest BCUT2D eigenvalue weighted by Gasteiger charge is 2.29. The summed E-state index contributed by atoms with van der Waals surface area (Å²) >= 11 is 0. The van der Waals surface area contributed by atoms with Crippen LogP contribution in [0, 0.1) is 5.92 Å². The average Bonchev–Trinajstić information content (AvgIpc) is 3.21. The van der Waals surface area contributed by atoms with Crippen molar-refractivity contribution in [2.75, 3.05) is 13.1 Å². The van der Waals surface area contributed by atoms with Gasteiger partial charge in [-0.15, -0.1) is 0 Å². The van der Waals surface area contributed by atoms with Crippen molar-refractivity contribution in [1.29, 1.82) is 0 Å². The van der Waals surface area contributed by atoms with Crippen LogP contribution in [0.1, 0.15) is 62.6 Å². The van der Waals surface area contributed by atoms with Crippen LogP contribution < -0.4 is 5.56 Å². The summed E-state index contributed by atoms with van der Waals surface area (Å²) in [5.41, 5.74) is 2.49. The largest absolute Gasteiger partial charge is 0.298 e. The van der Waals surface area contributed by atoms with Crippen LogP contribution in [0.15, 0.2) is 10.9 Å². The highest BCUT2D eigenvalue weighted by Crippen LogP contribution is 2.29. The minimum atomic E-state index is 0.110. The first-order chi connectivity index (χ1) is 11.3. The molecule has 23 heavy (non-hydrogen) atoms. The van der Waals surface area contributed by atoms with Gasteiger partial charge in [-0.3, -0.25) is 9.69 Å². The Morgan fingerprint density at radius 3 is 2.70 bits per heavy atom. The summed E-state index contributed by atoms with van der Waals surface area (Å²) in [7, 11) is 0. The van der Waals surface area contributed by atoms with Gasteiger partial charge >= 0.3 is 0 Å². The van der Waals surface area contributed by atoms with Crippen LogP contribution in [-0.2, 0) is 19.4 Å². The van der Waals surface area contributed by atoms with E-state index >= 15 is 0 Å². The third kappa shape index (κ3) is 3.37. The molecule has 0 N–H and O–H groups in total. The molecule has 1 unspecified atom stereocenters. The van der Waals surface area contributed by atoms with Crippen LogP contribution >= 0.6 is 0 Å². The summed E-state index contributed by atoms with van der Waals surface area (Å²) in [5, 5.41) is 4.72. The number of likely N-dealkylation sites (tertiary alicyclic amines) is 1. The maximum absolute atomic E-state index is 12.4. The van der Waals surface area contributed by atoms with Gasteiger partial charge in [-0.2, -0.15) is 5.10 Å². The van der Waals surface area contributed by atoms with Gasteiger partial charge in [-0.25, -0.2) is 4.68 Å². The lowest BCUT2D eigenvalue weighted by atomic mass is 9.97. The monoisotopic (exact) mass is 315 g/mol. The van der Waals surface area contributed by atoms with Crippen LogP contribution in [0.2, 0.25) is 0 Å². The molecule has 4 rings (SSSR count). The van der Waals surface area contributed by atoms with Crippen molar-refractivity contribution < 1.29 is 0 Å². The molecule has 2 aliphatic carbocycles. The second-order valence-corrected chi connectivity index (χ2v) is 7.79. The molecule has 0 bridgehead atoms. The van der Waals surface area contributed by atoms with Gasteiger partial charge in [0.15, 0.2) is 0 Å². The van der Waals surface area contributed by atoms with E-state index in [1.165, 1.54) is 75.7 Å². The van der Waals surface area contributed by atoms with Gasteiger partial charge in [0.2, 0.25) is 0 Å². The predicted molar refractivity (Wildman–Crippen MR) is 91.7 cm³/mol. The van der Waals surface area contributed by atoms with E-state index in [1.54, 1.807) is 4.68 Å². The van der Waals surface area contributed by atoms with E-state index in [9.17, 15) is 4.79 Å². The third-order valence-corrected chi connectivity index (χ3v) is 6.12. The molecule has 126 valence electrons. The molecule has 1 aromatic heterocycles. The number of aromatic nitrogens is 2. The molecule has 0 aromatic carbocycles. The topological polar surface area (TPSA) is 38.1 Å². The molecule has 0 amide bonds. The highest BCUT2D eigenvalue weighted by atomic mass is 16.1. The number of hydrogen-bond donors (Lipinski definition) is 0. The number of rotatable bonds is 4. The van der Waals surface area contributed by atoms with E-state index in [2.05, 4.69) is 4.90 Å². The summed E-state index contributed by atoms with van der Waals surface area (Å²) in [4.78, 5) is 15.1. The molecule has 1 atom stereocenters. The van der Waals surface area contributed by atoms with Gasteiger partial charge in [0, 0.05) is 18.7 Å². The van der Waals surface area contributed by atoms with Gasteiger partial charge < -0.3 is 0 Å². The Bertz CT molecular complexity index is 603. The van der Waals surface area contributed by atoms with Crippen molar-refractivity contribution in [3.05, 3.63) is 27.7 Å². The van der Waals surface area contributed by atoms with Crippen molar-refractivity contribution in [2.45, 2.75) is 76.8 Å². The van der Waals surface area contributed by atoms with Gasteiger partial charge in [-0.05, 0) is 69.4 Å². The van der Waals surface area contributed by atoms with Gasteiger partial charge in [0.1, 0.15) is 0 Å². The molecule has 0 spiro atoms. The fourth-order valence-electron chi connectivity index (χ4n) is 4.80. The van der Waals surface area contributed by atoms with Crippen LogP contribution in [0.4, 0.5) is 0 Å². The first-order valence-electron chi connectivity index (χ1n) is 9.63. The molecule has 1 aromatic rings. The first-order valence-corrected chi connectivity index (χ1v) is 9.63. The fraction of sp³-hybridized carbons (Fsp3) is 0.789. The lowest BCUT2D eigenvalue weighted by Gasteiger charge is -2.27. The second-order valence-electron chi connectivity index (χ2n) is 7.79. The third-order valence-electron chi connectivity index (χ3n) is 6.12. The zero-order chi connectivity index (χ0) is 15.6. The number of hydrogen-bond acceptors (Lipinski definition) is 3. The molecule has 2 heterocycles. The van der Waals surface area contributed by atoms with Crippen molar-refractivity contribution in [1.82, 2.24) is 14.7 Å². The Hall–Kier alpha value is -1.16. The van der Waals surface area contributed by atoms with Crippen LogP contribution in [-0.4, -0.2) is 33.8 Å². The second kappa shape index (κ2) is 6.76. The van der Waals surface area contributed by atoms with E-state index in [0.717, 1.165) is 25.3 Å². The summed E-state index contributed by atoms with van der Waals surface area (Å²) in [6.07, 6.45) is 12.6. The zero-order valence-electron chi connectivity index (χ0n) is 14.2. The highest BCUT2D eigenvalue weighted by molar-refractivity contribution is 5.20. The first kappa shape index (κ1) is 15.4. The molecule has 4 heteroatoms. The van der Waals surface area contributed by atoms with Gasteiger partial charge in [-0.1, -0.05) is 12.8 Å².